The van der Waals surface area contributed by atoms with Crippen molar-refractivity contribution in [1.82, 2.24) is 20.1 Å². The third-order valence-corrected chi connectivity index (χ3v) is 3.89. The number of aromatic amines is 1. The third-order valence-electron chi connectivity index (χ3n) is 3.40. The fraction of sp³-hybridized carbons (Fsp3) is 0.200. The standard InChI is InChI=1S/C15H15BrN4O/c1-9(11-7-17-20(2)8-11)18-15(21)14-6-10-5-12(16)3-4-13(10)19-14/h3-9,19H,1-2H3,(H,18,21). The minimum atomic E-state index is -0.126. The summed E-state index contributed by atoms with van der Waals surface area (Å²) in [6.07, 6.45) is 3.65. The predicted octanol–water partition coefficient (Wildman–Crippen LogP) is 3.15. The average molecular weight is 347 g/mol. The summed E-state index contributed by atoms with van der Waals surface area (Å²) < 4.78 is 2.71. The molecule has 0 aliphatic carbocycles. The molecule has 6 heteroatoms. The van der Waals surface area contributed by atoms with Crippen LogP contribution in [0.25, 0.3) is 10.9 Å². The summed E-state index contributed by atoms with van der Waals surface area (Å²) in [6, 6.07) is 7.63. The molecule has 2 aromatic heterocycles. The topological polar surface area (TPSA) is 62.7 Å². The first-order chi connectivity index (χ1) is 10.0. The molecule has 0 radical (unpaired) electrons. The van der Waals surface area contributed by atoms with Gasteiger partial charge in [0.1, 0.15) is 5.69 Å². The summed E-state index contributed by atoms with van der Waals surface area (Å²) in [7, 11) is 1.85. The summed E-state index contributed by atoms with van der Waals surface area (Å²) in [5, 5.41) is 8.08. The van der Waals surface area contributed by atoms with E-state index in [4.69, 9.17) is 0 Å². The minimum absolute atomic E-state index is 0.0932. The van der Waals surface area contributed by atoms with Crippen molar-refractivity contribution in [2.75, 3.05) is 0 Å². The van der Waals surface area contributed by atoms with E-state index in [0.717, 1.165) is 20.9 Å². The van der Waals surface area contributed by atoms with Crippen LogP contribution in [0.3, 0.4) is 0 Å². The highest BCUT2D eigenvalue weighted by atomic mass is 79.9. The van der Waals surface area contributed by atoms with Crippen LogP contribution in [-0.2, 0) is 7.05 Å². The summed E-state index contributed by atoms with van der Waals surface area (Å²) in [5.74, 6) is -0.126. The number of amides is 1. The normalized spacial score (nSPS) is 12.5. The van der Waals surface area contributed by atoms with Crippen molar-refractivity contribution in [3.05, 3.63) is 52.4 Å². The van der Waals surface area contributed by atoms with Gasteiger partial charge in [0.15, 0.2) is 0 Å². The van der Waals surface area contributed by atoms with Gasteiger partial charge in [-0.25, -0.2) is 0 Å². The van der Waals surface area contributed by atoms with Crippen LogP contribution in [-0.4, -0.2) is 20.7 Å². The van der Waals surface area contributed by atoms with Gasteiger partial charge in [-0.2, -0.15) is 5.10 Å². The van der Waals surface area contributed by atoms with Gasteiger partial charge < -0.3 is 10.3 Å². The highest BCUT2D eigenvalue weighted by Gasteiger charge is 2.14. The van der Waals surface area contributed by atoms with Crippen LogP contribution < -0.4 is 5.32 Å². The number of H-pyrrole nitrogens is 1. The second kappa shape index (κ2) is 5.37. The van der Waals surface area contributed by atoms with Gasteiger partial charge in [0.25, 0.3) is 5.91 Å². The third kappa shape index (κ3) is 2.85. The van der Waals surface area contributed by atoms with Gasteiger partial charge in [0, 0.05) is 34.2 Å². The average Bonchev–Trinajstić information content (AvgIpc) is 3.04. The lowest BCUT2D eigenvalue weighted by Crippen LogP contribution is -2.26. The van der Waals surface area contributed by atoms with E-state index in [1.165, 1.54) is 0 Å². The molecule has 0 aliphatic heterocycles. The molecule has 1 unspecified atom stereocenters. The number of rotatable bonds is 3. The molecular weight excluding hydrogens is 332 g/mol. The van der Waals surface area contributed by atoms with Crippen LogP contribution in [0, 0.1) is 0 Å². The van der Waals surface area contributed by atoms with Gasteiger partial charge in [0.2, 0.25) is 0 Å². The van der Waals surface area contributed by atoms with Crippen LogP contribution >= 0.6 is 15.9 Å². The van der Waals surface area contributed by atoms with Crippen LogP contribution in [0.1, 0.15) is 29.0 Å². The molecule has 2 N–H and O–H groups in total. The Kier molecular flexibility index (Phi) is 3.55. The summed E-state index contributed by atoms with van der Waals surface area (Å²) in [4.78, 5) is 15.4. The maximum Gasteiger partial charge on any atom is 0.268 e. The molecule has 3 rings (SSSR count). The van der Waals surface area contributed by atoms with Gasteiger partial charge in [-0.3, -0.25) is 9.48 Å². The van der Waals surface area contributed by atoms with E-state index in [9.17, 15) is 4.79 Å². The van der Waals surface area contributed by atoms with E-state index in [0.29, 0.717) is 5.69 Å². The first kappa shape index (κ1) is 13.9. The van der Waals surface area contributed by atoms with E-state index in [1.54, 1.807) is 10.9 Å². The maximum atomic E-state index is 12.3. The highest BCUT2D eigenvalue weighted by molar-refractivity contribution is 9.10. The Morgan fingerprint density at radius 2 is 2.24 bits per heavy atom. The quantitative estimate of drug-likeness (QED) is 0.765. The molecule has 108 valence electrons. The summed E-state index contributed by atoms with van der Waals surface area (Å²) in [5.41, 5.74) is 2.47. The van der Waals surface area contributed by atoms with E-state index >= 15 is 0 Å². The van der Waals surface area contributed by atoms with E-state index in [-0.39, 0.29) is 11.9 Å². The zero-order chi connectivity index (χ0) is 15.0. The van der Waals surface area contributed by atoms with Crippen molar-refractivity contribution in [2.45, 2.75) is 13.0 Å². The van der Waals surface area contributed by atoms with Crippen LogP contribution in [0.15, 0.2) is 41.1 Å². The zero-order valence-electron chi connectivity index (χ0n) is 11.7. The number of benzene rings is 1. The van der Waals surface area contributed by atoms with Gasteiger partial charge in [-0.15, -0.1) is 0 Å². The number of carbonyl (C=O) groups excluding carboxylic acids is 1. The number of carbonyl (C=O) groups is 1. The van der Waals surface area contributed by atoms with E-state index in [1.807, 2.05) is 44.4 Å². The number of halogens is 1. The Hall–Kier alpha value is -2.08. The largest absolute Gasteiger partial charge is 0.351 e. The molecule has 1 atom stereocenters. The number of aryl methyl sites for hydroxylation is 1. The number of hydrogen-bond acceptors (Lipinski definition) is 2. The van der Waals surface area contributed by atoms with E-state index < -0.39 is 0 Å². The van der Waals surface area contributed by atoms with Crippen molar-refractivity contribution in [1.29, 1.82) is 0 Å². The van der Waals surface area contributed by atoms with Crippen LogP contribution in [0.2, 0.25) is 0 Å². The number of nitrogens with zero attached hydrogens (tertiary/aromatic N) is 2. The molecule has 0 bridgehead atoms. The van der Waals surface area contributed by atoms with Crippen molar-refractivity contribution >= 4 is 32.7 Å². The molecule has 0 fully saturated rings. The molecular formula is C15H15BrN4O. The van der Waals surface area contributed by atoms with Gasteiger partial charge >= 0.3 is 0 Å². The van der Waals surface area contributed by atoms with Crippen molar-refractivity contribution in [3.63, 3.8) is 0 Å². The number of fused-ring (bicyclic) bond motifs is 1. The molecule has 3 aromatic rings. The minimum Gasteiger partial charge on any atom is -0.351 e. The predicted molar refractivity (Wildman–Crippen MR) is 85.1 cm³/mol. The van der Waals surface area contributed by atoms with Crippen LogP contribution in [0.4, 0.5) is 0 Å². The molecule has 5 nitrogen and oxygen atoms in total. The van der Waals surface area contributed by atoms with E-state index in [2.05, 4.69) is 31.3 Å². The lowest BCUT2D eigenvalue weighted by atomic mass is 10.2. The Morgan fingerprint density at radius 1 is 1.43 bits per heavy atom. The monoisotopic (exact) mass is 346 g/mol. The smallest absolute Gasteiger partial charge is 0.268 e. The molecule has 1 amide bonds. The first-order valence-corrected chi connectivity index (χ1v) is 7.40. The van der Waals surface area contributed by atoms with Gasteiger partial charge in [0.05, 0.1) is 12.2 Å². The van der Waals surface area contributed by atoms with Crippen molar-refractivity contribution in [3.8, 4) is 0 Å². The number of hydrogen-bond donors (Lipinski definition) is 2. The molecule has 0 saturated heterocycles. The Morgan fingerprint density at radius 3 is 2.95 bits per heavy atom. The fourth-order valence-electron chi connectivity index (χ4n) is 2.25. The maximum absolute atomic E-state index is 12.3. The SMILES string of the molecule is CC(NC(=O)c1cc2cc(Br)ccc2[nH]1)c1cnn(C)c1. The lowest BCUT2D eigenvalue weighted by Gasteiger charge is -2.10. The van der Waals surface area contributed by atoms with Crippen molar-refractivity contribution in [2.24, 2.45) is 7.05 Å². The molecule has 21 heavy (non-hydrogen) atoms. The summed E-state index contributed by atoms with van der Waals surface area (Å²) in [6.45, 7) is 1.94. The first-order valence-electron chi connectivity index (χ1n) is 6.60. The second-order valence-corrected chi connectivity index (χ2v) is 5.97. The molecule has 2 heterocycles. The molecule has 1 aromatic carbocycles. The zero-order valence-corrected chi connectivity index (χ0v) is 13.3. The molecule has 0 aliphatic rings. The van der Waals surface area contributed by atoms with Gasteiger partial charge in [-0.1, -0.05) is 15.9 Å². The Bertz CT molecular complexity index is 805. The Balaban J connectivity index is 1.80. The van der Waals surface area contributed by atoms with Crippen LogP contribution in [0.5, 0.6) is 0 Å². The highest BCUT2D eigenvalue weighted by Crippen LogP contribution is 2.21. The lowest BCUT2D eigenvalue weighted by molar-refractivity contribution is 0.0935. The number of nitrogens with one attached hydrogen (secondary N) is 2. The summed E-state index contributed by atoms with van der Waals surface area (Å²) >= 11 is 3.43. The second-order valence-electron chi connectivity index (χ2n) is 5.06. The fourth-order valence-corrected chi connectivity index (χ4v) is 2.63. The number of aromatic nitrogens is 3. The van der Waals surface area contributed by atoms with Gasteiger partial charge in [-0.05, 0) is 31.2 Å². The molecule has 0 saturated carbocycles. The van der Waals surface area contributed by atoms with Crippen molar-refractivity contribution < 1.29 is 4.79 Å². The Labute approximate surface area is 130 Å². The molecule has 0 spiro atoms.